The maximum absolute atomic E-state index is 11.5. The molecule has 1 heterocycles. The van der Waals surface area contributed by atoms with Crippen molar-refractivity contribution in [3.05, 3.63) is 17.5 Å². The fourth-order valence-electron chi connectivity index (χ4n) is 2.10. The van der Waals surface area contributed by atoms with Gasteiger partial charge in [0.05, 0.1) is 18.5 Å². The van der Waals surface area contributed by atoms with Gasteiger partial charge in [-0.15, -0.1) is 24.0 Å². The second kappa shape index (κ2) is 11.7. The highest BCUT2D eigenvalue weighted by Gasteiger charge is 2.13. The van der Waals surface area contributed by atoms with Crippen LogP contribution in [0.3, 0.4) is 0 Å². The van der Waals surface area contributed by atoms with E-state index in [2.05, 4.69) is 34.6 Å². The maximum atomic E-state index is 11.5. The number of nitrogens with zero attached hydrogens (tertiary/aromatic N) is 3. The third-order valence-electron chi connectivity index (χ3n) is 3.52. The Hall–Kier alpha value is -0.880. The lowest BCUT2D eigenvalue weighted by atomic mass is 10.1. The number of aromatic nitrogens is 1. The van der Waals surface area contributed by atoms with Crippen LogP contribution in [0.25, 0.3) is 0 Å². The molecular weight excluding hydrogens is 457 g/mol. The van der Waals surface area contributed by atoms with Crippen molar-refractivity contribution in [3.8, 4) is 0 Å². The zero-order valence-corrected chi connectivity index (χ0v) is 18.7. The van der Waals surface area contributed by atoms with E-state index in [0.29, 0.717) is 44.5 Å². The average Bonchev–Trinajstić information content (AvgIpc) is 2.98. The van der Waals surface area contributed by atoms with E-state index in [1.54, 1.807) is 7.05 Å². The number of halogens is 1. The Labute approximate surface area is 167 Å². The quantitative estimate of drug-likeness (QED) is 0.238. The summed E-state index contributed by atoms with van der Waals surface area (Å²) >= 11 is 0. The Bertz CT molecular complexity index is 631. The van der Waals surface area contributed by atoms with E-state index in [4.69, 9.17) is 4.52 Å². The van der Waals surface area contributed by atoms with Crippen LogP contribution < -0.4 is 10.6 Å². The molecule has 0 saturated heterocycles. The van der Waals surface area contributed by atoms with Crippen molar-refractivity contribution in [3.63, 3.8) is 0 Å². The Morgan fingerprint density at radius 1 is 1.40 bits per heavy atom. The van der Waals surface area contributed by atoms with Crippen molar-refractivity contribution in [2.24, 2.45) is 4.99 Å². The van der Waals surface area contributed by atoms with Gasteiger partial charge in [0.2, 0.25) is 10.0 Å². The molecule has 8 nitrogen and oxygen atoms in total. The summed E-state index contributed by atoms with van der Waals surface area (Å²) in [6.07, 6.45) is 1.93. The molecule has 0 aliphatic heterocycles. The van der Waals surface area contributed by atoms with Crippen LogP contribution in [0.15, 0.2) is 15.6 Å². The summed E-state index contributed by atoms with van der Waals surface area (Å²) in [6.45, 7) is 8.03. The topological polar surface area (TPSA) is 99.8 Å². The third-order valence-corrected chi connectivity index (χ3v) is 4.90. The van der Waals surface area contributed by atoms with Crippen molar-refractivity contribution in [2.75, 3.05) is 32.9 Å². The van der Waals surface area contributed by atoms with Gasteiger partial charge in [0.25, 0.3) is 0 Å². The summed E-state index contributed by atoms with van der Waals surface area (Å²) in [6, 6.07) is 1.93. The van der Waals surface area contributed by atoms with Gasteiger partial charge in [-0.05, 0) is 12.3 Å². The van der Waals surface area contributed by atoms with Crippen molar-refractivity contribution in [2.45, 2.75) is 39.7 Å². The van der Waals surface area contributed by atoms with Crippen LogP contribution in [0.4, 0.5) is 0 Å². The van der Waals surface area contributed by atoms with Crippen molar-refractivity contribution < 1.29 is 12.9 Å². The molecule has 25 heavy (non-hydrogen) atoms. The molecule has 2 N–H and O–H groups in total. The molecule has 1 rings (SSSR count). The molecule has 1 aromatic rings. The number of guanidine groups is 1. The predicted octanol–water partition coefficient (Wildman–Crippen LogP) is 1.75. The Kier molecular flexibility index (Phi) is 11.3. The number of hydrogen-bond donors (Lipinski definition) is 2. The van der Waals surface area contributed by atoms with Crippen molar-refractivity contribution >= 4 is 40.0 Å². The number of nitrogens with one attached hydrogen (secondary N) is 2. The van der Waals surface area contributed by atoms with E-state index in [1.807, 2.05) is 13.0 Å². The van der Waals surface area contributed by atoms with E-state index < -0.39 is 10.0 Å². The lowest BCUT2D eigenvalue weighted by Crippen LogP contribution is -2.39. The smallest absolute Gasteiger partial charge is 0.211 e. The summed E-state index contributed by atoms with van der Waals surface area (Å²) in [5.41, 5.74) is 0.926. The molecule has 1 aromatic heterocycles. The number of rotatable bonds is 9. The minimum absolute atomic E-state index is 0. The lowest BCUT2D eigenvalue weighted by Gasteiger charge is -2.18. The SMILES string of the molecule is CCN(CCCNC(=NC)NCc1cc(C(C)C)no1)S(C)(=O)=O.I. The van der Waals surface area contributed by atoms with Gasteiger partial charge in [0, 0.05) is 32.7 Å². The van der Waals surface area contributed by atoms with E-state index in [1.165, 1.54) is 10.6 Å². The van der Waals surface area contributed by atoms with Gasteiger partial charge in [-0.2, -0.15) is 0 Å². The predicted molar refractivity (Wildman–Crippen MR) is 111 cm³/mol. The molecule has 0 amide bonds. The first-order valence-electron chi connectivity index (χ1n) is 8.13. The molecule has 0 bridgehead atoms. The van der Waals surface area contributed by atoms with Gasteiger partial charge in [-0.1, -0.05) is 25.9 Å². The largest absolute Gasteiger partial charge is 0.359 e. The van der Waals surface area contributed by atoms with Crippen molar-refractivity contribution in [1.29, 1.82) is 0 Å². The number of aliphatic imine (C=N–C) groups is 1. The van der Waals surface area contributed by atoms with Crippen LogP contribution in [0.5, 0.6) is 0 Å². The highest BCUT2D eigenvalue weighted by molar-refractivity contribution is 14.0. The highest BCUT2D eigenvalue weighted by Crippen LogP contribution is 2.13. The monoisotopic (exact) mass is 487 g/mol. The summed E-state index contributed by atoms with van der Waals surface area (Å²) in [5.74, 6) is 1.71. The summed E-state index contributed by atoms with van der Waals surface area (Å²) in [7, 11) is -1.45. The maximum Gasteiger partial charge on any atom is 0.211 e. The number of sulfonamides is 1. The van der Waals surface area contributed by atoms with E-state index in [-0.39, 0.29) is 24.0 Å². The molecule has 0 aromatic carbocycles. The molecule has 0 unspecified atom stereocenters. The normalized spacial score (nSPS) is 12.4. The second-order valence-corrected chi connectivity index (χ2v) is 7.82. The fraction of sp³-hybridized carbons (Fsp3) is 0.733. The lowest BCUT2D eigenvalue weighted by molar-refractivity contribution is 0.371. The van der Waals surface area contributed by atoms with Gasteiger partial charge in [-0.25, -0.2) is 12.7 Å². The summed E-state index contributed by atoms with van der Waals surface area (Å²) in [4.78, 5) is 4.13. The Morgan fingerprint density at radius 3 is 2.56 bits per heavy atom. The number of hydrogen-bond acceptors (Lipinski definition) is 5. The third kappa shape index (κ3) is 8.86. The van der Waals surface area contributed by atoms with Gasteiger partial charge in [0.15, 0.2) is 11.7 Å². The standard InChI is InChI=1S/C15H29N5O3S.HI/c1-6-20(24(5,21)22)9-7-8-17-15(16-4)18-11-13-10-14(12(2)3)19-23-13;/h10,12H,6-9,11H2,1-5H3,(H2,16,17,18);1H. The minimum atomic E-state index is -3.13. The van der Waals surface area contributed by atoms with Crippen LogP contribution >= 0.6 is 24.0 Å². The zero-order chi connectivity index (χ0) is 18.2. The molecule has 0 aliphatic rings. The van der Waals surface area contributed by atoms with Gasteiger partial charge < -0.3 is 15.2 Å². The Morgan fingerprint density at radius 2 is 2.08 bits per heavy atom. The van der Waals surface area contributed by atoms with E-state index in [9.17, 15) is 8.42 Å². The van der Waals surface area contributed by atoms with Crippen LogP contribution in [-0.2, 0) is 16.6 Å². The first-order valence-corrected chi connectivity index (χ1v) is 9.97. The van der Waals surface area contributed by atoms with Crippen LogP contribution in [0, 0.1) is 0 Å². The molecule has 0 atom stereocenters. The van der Waals surface area contributed by atoms with E-state index >= 15 is 0 Å². The minimum Gasteiger partial charge on any atom is -0.359 e. The van der Waals surface area contributed by atoms with Gasteiger partial charge in [-0.3, -0.25) is 4.99 Å². The first kappa shape index (κ1) is 24.1. The molecule has 10 heteroatoms. The first-order chi connectivity index (χ1) is 11.3. The summed E-state index contributed by atoms with van der Waals surface area (Å²) < 4.78 is 29.7. The molecular formula is C15H30IN5O3S. The van der Waals surface area contributed by atoms with Crippen molar-refractivity contribution in [1.82, 2.24) is 20.1 Å². The summed E-state index contributed by atoms with van der Waals surface area (Å²) in [5, 5.41) is 10.3. The molecule has 0 fully saturated rings. The fourth-order valence-corrected chi connectivity index (χ4v) is 3.03. The van der Waals surface area contributed by atoms with Crippen LogP contribution in [0.2, 0.25) is 0 Å². The highest BCUT2D eigenvalue weighted by atomic mass is 127. The van der Waals surface area contributed by atoms with Gasteiger partial charge >= 0.3 is 0 Å². The molecule has 146 valence electrons. The molecule has 0 saturated carbocycles. The van der Waals surface area contributed by atoms with Crippen LogP contribution in [0.1, 0.15) is 44.6 Å². The molecule has 0 radical (unpaired) electrons. The van der Waals surface area contributed by atoms with Crippen LogP contribution in [-0.4, -0.2) is 56.8 Å². The average molecular weight is 487 g/mol. The second-order valence-electron chi connectivity index (χ2n) is 5.83. The Balaban J connectivity index is 0.00000576. The van der Waals surface area contributed by atoms with Gasteiger partial charge in [0.1, 0.15) is 0 Å². The molecule has 0 aliphatic carbocycles. The molecule has 0 spiro atoms. The zero-order valence-electron chi connectivity index (χ0n) is 15.6. The van der Waals surface area contributed by atoms with E-state index in [0.717, 1.165) is 11.5 Å².